The van der Waals surface area contributed by atoms with E-state index in [1.165, 1.54) is 6.20 Å². The fraction of sp³-hybridized carbons (Fsp3) is 0.500. The fourth-order valence-electron chi connectivity index (χ4n) is 0.730. The summed E-state index contributed by atoms with van der Waals surface area (Å²) in [5.41, 5.74) is 0. The second-order valence-corrected chi connectivity index (χ2v) is 4.56. The van der Waals surface area contributed by atoms with E-state index < -0.39 is 9.84 Å². The van der Waals surface area contributed by atoms with Gasteiger partial charge >= 0.3 is 0 Å². The second-order valence-electron chi connectivity index (χ2n) is 2.42. The number of aryl methyl sites for hydroxylation is 1. The lowest BCUT2D eigenvalue weighted by Crippen LogP contribution is -1.98. The number of nitrogens with zero attached hydrogens (tertiary/aromatic N) is 1. The minimum absolute atomic E-state index is 0.0756. The lowest BCUT2D eigenvalue weighted by atomic mass is 10.6. The Balaban J connectivity index is 2.81. The first-order valence-electron chi connectivity index (χ1n) is 3.06. The Morgan fingerprint density at radius 2 is 2.27 bits per heavy atom. The highest BCUT2D eigenvalue weighted by atomic mass is 32.2. The molecule has 0 saturated carbocycles. The van der Waals surface area contributed by atoms with Crippen LogP contribution in [-0.4, -0.2) is 19.7 Å². The summed E-state index contributed by atoms with van der Waals surface area (Å²) in [5, 5.41) is 0. The van der Waals surface area contributed by atoms with Crippen molar-refractivity contribution in [1.29, 1.82) is 0 Å². The maximum atomic E-state index is 10.7. The summed E-state index contributed by atoms with van der Waals surface area (Å²) in [6.07, 6.45) is 2.58. The van der Waals surface area contributed by atoms with Crippen LogP contribution in [0.25, 0.3) is 0 Å². The largest absolute Gasteiger partial charge is 0.445 e. The summed E-state index contributed by atoms with van der Waals surface area (Å²) in [4.78, 5) is 3.77. The zero-order valence-electron chi connectivity index (χ0n) is 6.36. The van der Waals surface area contributed by atoms with Gasteiger partial charge in [-0.05, 0) is 0 Å². The SMILES string of the molecule is Cc1ncc(CS(C)(=O)=O)o1. The van der Waals surface area contributed by atoms with Crippen LogP contribution in [0.3, 0.4) is 0 Å². The van der Waals surface area contributed by atoms with E-state index in [0.717, 1.165) is 6.26 Å². The van der Waals surface area contributed by atoms with Crippen molar-refractivity contribution >= 4 is 9.84 Å². The molecule has 0 fully saturated rings. The quantitative estimate of drug-likeness (QED) is 0.657. The van der Waals surface area contributed by atoms with E-state index >= 15 is 0 Å². The predicted molar refractivity (Wildman–Crippen MR) is 39.8 cm³/mol. The van der Waals surface area contributed by atoms with Crippen molar-refractivity contribution in [2.24, 2.45) is 0 Å². The molecule has 5 heteroatoms. The van der Waals surface area contributed by atoms with Crippen LogP contribution in [0.4, 0.5) is 0 Å². The average Bonchev–Trinajstić information content (AvgIpc) is 2.10. The van der Waals surface area contributed by atoms with Gasteiger partial charge < -0.3 is 4.42 Å². The van der Waals surface area contributed by atoms with Crippen molar-refractivity contribution in [3.8, 4) is 0 Å². The fourth-order valence-corrected chi connectivity index (χ4v) is 1.38. The third kappa shape index (κ3) is 2.71. The predicted octanol–water partition coefficient (Wildman–Crippen LogP) is 0.528. The molecule has 0 N–H and O–H groups in total. The molecule has 0 radical (unpaired) electrons. The van der Waals surface area contributed by atoms with E-state index in [-0.39, 0.29) is 5.75 Å². The molecule has 1 rings (SSSR count). The first-order chi connectivity index (χ1) is 4.97. The molecule has 0 spiro atoms. The monoisotopic (exact) mass is 175 g/mol. The van der Waals surface area contributed by atoms with Crippen molar-refractivity contribution < 1.29 is 12.8 Å². The number of sulfone groups is 1. The Hall–Kier alpha value is -0.840. The van der Waals surface area contributed by atoms with Crippen molar-refractivity contribution in [1.82, 2.24) is 4.98 Å². The highest BCUT2D eigenvalue weighted by Crippen LogP contribution is 2.05. The van der Waals surface area contributed by atoms with Crippen LogP contribution >= 0.6 is 0 Å². The first kappa shape index (κ1) is 8.26. The Morgan fingerprint density at radius 1 is 1.64 bits per heavy atom. The molecule has 4 nitrogen and oxygen atoms in total. The van der Waals surface area contributed by atoms with Gasteiger partial charge in [0.05, 0.1) is 6.20 Å². The lowest BCUT2D eigenvalue weighted by molar-refractivity contribution is 0.486. The second kappa shape index (κ2) is 2.65. The summed E-state index contributed by atoms with van der Waals surface area (Å²) in [6.45, 7) is 1.67. The molecule has 0 aliphatic heterocycles. The topological polar surface area (TPSA) is 60.2 Å². The molecule has 0 atom stereocenters. The Morgan fingerprint density at radius 3 is 2.64 bits per heavy atom. The molecular formula is C6H9NO3S. The van der Waals surface area contributed by atoms with Gasteiger partial charge in [-0.15, -0.1) is 0 Å². The molecule has 0 aliphatic rings. The molecule has 0 bridgehead atoms. The number of hydrogen-bond acceptors (Lipinski definition) is 4. The van der Waals surface area contributed by atoms with E-state index in [1.807, 2.05) is 0 Å². The molecule has 0 unspecified atom stereocenters. The van der Waals surface area contributed by atoms with Gasteiger partial charge in [0.2, 0.25) is 0 Å². The molecule has 1 aromatic heterocycles. The maximum absolute atomic E-state index is 10.7. The van der Waals surface area contributed by atoms with Gasteiger partial charge in [0.15, 0.2) is 15.7 Å². The van der Waals surface area contributed by atoms with Gasteiger partial charge in [-0.3, -0.25) is 0 Å². The highest BCUT2D eigenvalue weighted by Gasteiger charge is 2.07. The zero-order chi connectivity index (χ0) is 8.48. The van der Waals surface area contributed by atoms with Gasteiger partial charge in [-0.1, -0.05) is 0 Å². The van der Waals surface area contributed by atoms with E-state index in [1.54, 1.807) is 6.92 Å². The summed E-state index contributed by atoms with van der Waals surface area (Å²) in [6, 6.07) is 0. The summed E-state index contributed by atoms with van der Waals surface area (Å²) < 4.78 is 26.4. The normalized spacial score (nSPS) is 11.8. The standard InChI is InChI=1S/C6H9NO3S/c1-5-7-3-6(10-5)4-11(2,8)9/h3H,4H2,1-2H3. The maximum Gasteiger partial charge on any atom is 0.191 e. The van der Waals surface area contributed by atoms with Crippen LogP contribution in [0.15, 0.2) is 10.6 Å². The molecule has 0 aliphatic carbocycles. The zero-order valence-corrected chi connectivity index (χ0v) is 7.18. The summed E-state index contributed by atoms with van der Waals surface area (Å²) in [5.74, 6) is 0.807. The number of oxazole rings is 1. The molecule has 11 heavy (non-hydrogen) atoms. The minimum atomic E-state index is -3.00. The molecular weight excluding hydrogens is 166 g/mol. The smallest absolute Gasteiger partial charge is 0.191 e. The molecule has 0 saturated heterocycles. The average molecular weight is 175 g/mol. The van der Waals surface area contributed by atoms with Crippen LogP contribution in [0, 0.1) is 6.92 Å². The third-order valence-electron chi connectivity index (χ3n) is 1.07. The molecule has 1 aromatic rings. The van der Waals surface area contributed by atoms with Crippen LogP contribution < -0.4 is 0 Å². The van der Waals surface area contributed by atoms with Gasteiger partial charge in [-0.2, -0.15) is 0 Å². The Kier molecular flexibility index (Phi) is 1.99. The number of hydrogen-bond donors (Lipinski definition) is 0. The summed E-state index contributed by atoms with van der Waals surface area (Å²) in [7, 11) is -3.00. The Bertz CT molecular complexity index is 338. The van der Waals surface area contributed by atoms with Gasteiger partial charge in [0.25, 0.3) is 0 Å². The minimum Gasteiger partial charge on any atom is -0.445 e. The number of rotatable bonds is 2. The lowest BCUT2D eigenvalue weighted by Gasteiger charge is -1.90. The van der Waals surface area contributed by atoms with Gasteiger partial charge in [0.1, 0.15) is 11.5 Å². The van der Waals surface area contributed by atoms with Crippen molar-refractivity contribution in [2.75, 3.05) is 6.26 Å². The van der Waals surface area contributed by atoms with Crippen molar-refractivity contribution in [3.63, 3.8) is 0 Å². The number of aromatic nitrogens is 1. The molecule has 0 aromatic carbocycles. The van der Waals surface area contributed by atoms with Crippen molar-refractivity contribution in [2.45, 2.75) is 12.7 Å². The van der Waals surface area contributed by atoms with Crippen LogP contribution in [0.1, 0.15) is 11.7 Å². The van der Waals surface area contributed by atoms with Gasteiger partial charge in [0, 0.05) is 13.2 Å². The van der Waals surface area contributed by atoms with E-state index in [2.05, 4.69) is 4.98 Å². The molecule has 1 heterocycles. The van der Waals surface area contributed by atoms with E-state index in [0.29, 0.717) is 11.7 Å². The van der Waals surface area contributed by atoms with Crippen LogP contribution in [-0.2, 0) is 15.6 Å². The van der Waals surface area contributed by atoms with Crippen molar-refractivity contribution in [3.05, 3.63) is 17.8 Å². The van der Waals surface area contributed by atoms with Crippen LogP contribution in [0.5, 0.6) is 0 Å². The third-order valence-corrected chi connectivity index (χ3v) is 1.88. The molecule has 0 amide bonds. The van der Waals surface area contributed by atoms with E-state index in [9.17, 15) is 8.42 Å². The van der Waals surface area contributed by atoms with Gasteiger partial charge in [-0.25, -0.2) is 13.4 Å². The summed E-state index contributed by atoms with van der Waals surface area (Å²) >= 11 is 0. The Labute approximate surface area is 65.2 Å². The van der Waals surface area contributed by atoms with Crippen LogP contribution in [0.2, 0.25) is 0 Å². The van der Waals surface area contributed by atoms with E-state index in [4.69, 9.17) is 4.42 Å². The molecule has 62 valence electrons. The first-order valence-corrected chi connectivity index (χ1v) is 5.12. The highest BCUT2D eigenvalue weighted by molar-refractivity contribution is 7.89.